The number of ether oxygens (including phenoxy) is 6. The van der Waals surface area contributed by atoms with E-state index in [4.69, 9.17) is 30.1 Å². The molecule has 14 nitrogen and oxygen atoms in total. The quantitative estimate of drug-likeness (QED) is 0.0533. The van der Waals surface area contributed by atoms with Crippen molar-refractivity contribution in [2.75, 3.05) is 73.1 Å². The Hall–Kier alpha value is -3.09. The zero-order valence-corrected chi connectivity index (χ0v) is 30.3. The highest BCUT2D eigenvalue weighted by Crippen LogP contribution is 2.09. The predicted molar refractivity (Wildman–Crippen MR) is 183 cm³/mol. The van der Waals surface area contributed by atoms with Gasteiger partial charge in [-0.15, -0.1) is 12.3 Å². The van der Waals surface area contributed by atoms with E-state index in [1.165, 1.54) is 7.11 Å². The van der Waals surface area contributed by atoms with Gasteiger partial charge in [0, 0.05) is 32.2 Å². The van der Waals surface area contributed by atoms with Gasteiger partial charge in [-0.05, 0) is 32.1 Å². The average molecular weight is 700 g/mol. The predicted octanol–water partition coefficient (Wildman–Crippen LogP) is 2.11. The van der Waals surface area contributed by atoms with Crippen LogP contribution in [0.15, 0.2) is 0 Å². The van der Waals surface area contributed by atoms with Crippen LogP contribution in [-0.2, 0) is 52.4 Å². The Labute approximate surface area is 292 Å². The molecule has 0 fully saturated rings. The fourth-order valence-electron chi connectivity index (χ4n) is 4.37. The maximum atomic E-state index is 12.9. The molecule has 0 radical (unpaired) electrons. The monoisotopic (exact) mass is 699 g/mol. The minimum absolute atomic E-state index is 0.00205. The van der Waals surface area contributed by atoms with Gasteiger partial charge in [-0.1, -0.05) is 33.6 Å². The number of ketones is 1. The molecule has 3 amide bonds. The molecule has 0 saturated carbocycles. The van der Waals surface area contributed by atoms with Crippen LogP contribution >= 0.6 is 0 Å². The van der Waals surface area contributed by atoms with E-state index >= 15 is 0 Å². The third-order valence-electron chi connectivity index (χ3n) is 7.27. The van der Waals surface area contributed by atoms with E-state index in [9.17, 15) is 24.0 Å². The topological polar surface area (TPSA) is 177 Å². The minimum atomic E-state index is -1.00. The highest BCUT2D eigenvalue weighted by molar-refractivity contribution is 5.93. The second-order valence-electron chi connectivity index (χ2n) is 11.8. The van der Waals surface area contributed by atoms with Crippen molar-refractivity contribution in [3.63, 3.8) is 0 Å². The first-order valence-electron chi connectivity index (χ1n) is 17.4. The van der Waals surface area contributed by atoms with Crippen molar-refractivity contribution < 1.29 is 52.4 Å². The smallest absolute Gasteiger partial charge is 0.305 e. The molecule has 0 aliphatic heterocycles. The van der Waals surface area contributed by atoms with Crippen molar-refractivity contribution in [2.24, 2.45) is 5.92 Å². The van der Waals surface area contributed by atoms with Gasteiger partial charge in [-0.25, -0.2) is 0 Å². The lowest BCUT2D eigenvalue weighted by molar-refractivity contribution is -0.141. The van der Waals surface area contributed by atoms with E-state index in [1.54, 1.807) is 6.92 Å². The van der Waals surface area contributed by atoms with Gasteiger partial charge in [0.2, 0.25) is 17.7 Å². The van der Waals surface area contributed by atoms with Gasteiger partial charge in [0.05, 0.1) is 72.1 Å². The number of rotatable bonds is 32. The zero-order chi connectivity index (χ0) is 36.7. The first-order valence-corrected chi connectivity index (χ1v) is 17.4. The summed E-state index contributed by atoms with van der Waals surface area (Å²) >= 11 is 0. The first-order chi connectivity index (χ1) is 23.5. The first kappa shape index (κ1) is 45.9. The number of hydrogen-bond acceptors (Lipinski definition) is 11. The highest BCUT2D eigenvalue weighted by Gasteiger charge is 2.28. The zero-order valence-electron chi connectivity index (χ0n) is 30.3. The molecule has 0 aliphatic carbocycles. The second-order valence-corrected chi connectivity index (χ2v) is 11.8. The number of Topliss-reactive ketones (excluding diaryl/α,β-unsaturated/α-hetero) is 1. The minimum Gasteiger partial charge on any atom is -0.469 e. The summed E-state index contributed by atoms with van der Waals surface area (Å²) in [6, 6.07) is -1.69. The number of unbranched alkanes of at least 4 members (excludes halogenated alkanes) is 3. The van der Waals surface area contributed by atoms with Crippen LogP contribution in [0, 0.1) is 18.3 Å². The number of carbonyl (C=O) groups is 5. The summed E-state index contributed by atoms with van der Waals surface area (Å²) in [5.74, 6) is 0.742. The fourth-order valence-corrected chi connectivity index (χ4v) is 4.37. The lowest BCUT2D eigenvalue weighted by atomic mass is 9.97. The van der Waals surface area contributed by atoms with Gasteiger partial charge >= 0.3 is 5.97 Å². The van der Waals surface area contributed by atoms with Gasteiger partial charge < -0.3 is 44.4 Å². The van der Waals surface area contributed by atoms with Crippen LogP contribution in [0.4, 0.5) is 0 Å². The Kier molecular flexibility index (Phi) is 29.0. The summed E-state index contributed by atoms with van der Waals surface area (Å²) in [5.41, 5.74) is 0. The van der Waals surface area contributed by atoms with E-state index in [2.05, 4.69) is 26.6 Å². The molecular weight excluding hydrogens is 638 g/mol. The fraction of sp³-hybridized carbons (Fsp3) is 0.800. The van der Waals surface area contributed by atoms with E-state index in [0.717, 1.165) is 32.1 Å². The summed E-state index contributed by atoms with van der Waals surface area (Å²) in [6.45, 7) is 10.3. The van der Waals surface area contributed by atoms with Crippen molar-refractivity contribution in [2.45, 2.75) is 104 Å². The number of carbonyl (C=O) groups excluding carboxylic acids is 5. The van der Waals surface area contributed by atoms with Crippen LogP contribution in [0.25, 0.3) is 0 Å². The maximum Gasteiger partial charge on any atom is 0.305 e. The highest BCUT2D eigenvalue weighted by atomic mass is 16.6. The third-order valence-corrected chi connectivity index (χ3v) is 7.27. The van der Waals surface area contributed by atoms with E-state index in [1.807, 2.05) is 20.8 Å². The van der Waals surface area contributed by atoms with E-state index in [-0.39, 0.29) is 69.2 Å². The van der Waals surface area contributed by atoms with Crippen LogP contribution in [0.5, 0.6) is 0 Å². The molecule has 0 aromatic heterocycles. The Morgan fingerprint density at radius 2 is 1.35 bits per heavy atom. The van der Waals surface area contributed by atoms with Crippen molar-refractivity contribution in [3.8, 4) is 12.3 Å². The van der Waals surface area contributed by atoms with Crippen LogP contribution in [0.2, 0.25) is 0 Å². The van der Waals surface area contributed by atoms with Crippen LogP contribution < -0.4 is 16.0 Å². The molecule has 0 aromatic rings. The van der Waals surface area contributed by atoms with Gasteiger partial charge in [0.1, 0.15) is 12.6 Å². The maximum absolute atomic E-state index is 12.9. The Balaban J connectivity index is 3.93. The Bertz CT molecular complexity index is 971. The molecule has 0 saturated heterocycles. The summed E-state index contributed by atoms with van der Waals surface area (Å²) in [6.07, 6.45) is 10.3. The van der Waals surface area contributed by atoms with Crippen molar-refractivity contribution in [3.05, 3.63) is 0 Å². The lowest BCUT2D eigenvalue weighted by Gasteiger charge is -2.24. The SMILES string of the molecule is C#CCCCCCC(C)OCC(=O)NCCOCCOCCOCCOCCC(=O)N[C@@H](CCC(=O)OC)C(=O)N[C@H](C(=O)CC)C(C)C. The molecule has 3 N–H and O–H groups in total. The van der Waals surface area contributed by atoms with Gasteiger partial charge in [-0.2, -0.15) is 0 Å². The molecule has 0 heterocycles. The number of methoxy groups -OCH3 is 1. The number of hydrogen-bond donors (Lipinski definition) is 3. The third kappa shape index (κ3) is 26.5. The van der Waals surface area contributed by atoms with Crippen molar-refractivity contribution >= 4 is 29.5 Å². The lowest BCUT2D eigenvalue weighted by Crippen LogP contribution is -2.53. The summed E-state index contributed by atoms with van der Waals surface area (Å²) in [5, 5.41) is 8.10. The summed E-state index contributed by atoms with van der Waals surface area (Å²) in [7, 11) is 1.24. The van der Waals surface area contributed by atoms with Gasteiger partial charge in [-0.3, -0.25) is 24.0 Å². The molecule has 49 heavy (non-hydrogen) atoms. The number of terminal acetylenes is 1. The standard InChI is InChI=1S/C35H61N3O11/c1-7-9-10-11-12-13-28(5)49-26-32(41)36-17-19-46-21-23-48-25-24-47-22-20-45-18-16-31(40)37-29(14-15-33(42)44-6)35(43)38-34(27(3)4)30(39)8-2/h1,27-29,34H,8-26H2,2-6H3,(H,36,41)(H,37,40)(H,38,43)/t28?,29-,34-/m0/s1. The molecule has 0 bridgehead atoms. The molecule has 3 atom stereocenters. The molecule has 0 aromatic carbocycles. The van der Waals surface area contributed by atoms with Gasteiger partial charge in [0.25, 0.3) is 0 Å². The van der Waals surface area contributed by atoms with E-state index in [0.29, 0.717) is 46.2 Å². The number of esters is 1. The molecule has 0 aliphatic rings. The molecule has 0 rings (SSSR count). The van der Waals surface area contributed by atoms with Gasteiger partial charge in [0.15, 0.2) is 5.78 Å². The van der Waals surface area contributed by atoms with Crippen LogP contribution in [-0.4, -0.2) is 121 Å². The van der Waals surface area contributed by atoms with Crippen molar-refractivity contribution in [1.82, 2.24) is 16.0 Å². The molecule has 1 unspecified atom stereocenters. The average Bonchev–Trinajstić information content (AvgIpc) is 3.08. The number of amides is 3. The molecular formula is C35H61N3O11. The largest absolute Gasteiger partial charge is 0.469 e. The van der Waals surface area contributed by atoms with Crippen LogP contribution in [0.3, 0.4) is 0 Å². The Morgan fingerprint density at radius 1 is 0.735 bits per heavy atom. The summed E-state index contributed by atoms with van der Waals surface area (Å²) in [4.78, 5) is 61.2. The Morgan fingerprint density at radius 3 is 1.92 bits per heavy atom. The molecule has 0 spiro atoms. The summed E-state index contributed by atoms with van der Waals surface area (Å²) < 4.78 is 32.0. The molecule has 14 heteroatoms. The normalized spacial score (nSPS) is 12.8. The van der Waals surface area contributed by atoms with Crippen molar-refractivity contribution in [1.29, 1.82) is 0 Å². The van der Waals surface area contributed by atoms with Crippen LogP contribution in [0.1, 0.15) is 85.5 Å². The number of nitrogens with one attached hydrogen (secondary N) is 3. The van der Waals surface area contributed by atoms with E-state index < -0.39 is 29.9 Å². The molecule has 282 valence electrons. The second kappa shape index (κ2) is 30.9.